The molecule has 3 N–H and O–H groups in total. The Morgan fingerprint density at radius 2 is 1.94 bits per heavy atom. The van der Waals surface area contributed by atoms with E-state index in [-0.39, 0.29) is 4.90 Å². The Kier molecular flexibility index (Phi) is 3.92. The van der Waals surface area contributed by atoms with Crippen molar-refractivity contribution in [3.05, 3.63) is 24.3 Å². The summed E-state index contributed by atoms with van der Waals surface area (Å²) < 4.78 is 26.8. The molecule has 0 aromatic heterocycles. The van der Waals surface area contributed by atoms with Gasteiger partial charge in [-0.3, -0.25) is 0 Å². The molecule has 1 aromatic carbocycles. The van der Waals surface area contributed by atoms with Crippen molar-refractivity contribution in [2.45, 2.75) is 31.1 Å². The predicted molar refractivity (Wildman–Crippen MR) is 72.5 cm³/mol. The number of rotatable bonds is 4. The lowest BCUT2D eigenvalue weighted by Crippen LogP contribution is -2.30. The zero-order valence-electron chi connectivity index (χ0n) is 10.6. The number of nitrogens with one attached hydrogen (secondary N) is 1. The van der Waals surface area contributed by atoms with Crippen LogP contribution in [-0.2, 0) is 10.0 Å². The molecule has 1 aromatic rings. The molecule has 0 amide bonds. The number of anilines is 1. The standard InChI is InChI=1S/C13H20N2O2S/c1-10-3-2-4-11(10)9-15-18(16,17)13-7-5-12(14)6-8-13/h5-8,10-11,15H,2-4,9,14H2,1H3. The predicted octanol–water partition coefficient (Wildman–Crippen LogP) is 1.98. The Morgan fingerprint density at radius 1 is 1.28 bits per heavy atom. The van der Waals surface area contributed by atoms with E-state index < -0.39 is 10.0 Å². The molecule has 2 atom stereocenters. The van der Waals surface area contributed by atoms with Crippen LogP contribution in [0.5, 0.6) is 0 Å². The van der Waals surface area contributed by atoms with Crippen molar-refractivity contribution >= 4 is 15.7 Å². The van der Waals surface area contributed by atoms with E-state index in [1.54, 1.807) is 12.1 Å². The van der Waals surface area contributed by atoms with Gasteiger partial charge in [-0.05, 0) is 42.5 Å². The van der Waals surface area contributed by atoms with Crippen LogP contribution in [0.3, 0.4) is 0 Å². The van der Waals surface area contributed by atoms with Crippen LogP contribution >= 0.6 is 0 Å². The van der Waals surface area contributed by atoms with E-state index in [0.717, 1.165) is 6.42 Å². The lowest BCUT2D eigenvalue weighted by atomic mass is 9.99. The highest BCUT2D eigenvalue weighted by Gasteiger charge is 2.25. The third kappa shape index (κ3) is 3.03. The third-order valence-electron chi connectivity index (χ3n) is 3.77. The molecule has 0 aliphatic heterocycles. The van der Waals surface area contributed by atoms with Gasteiger partial charge >= 0.3 is 0 Å². The summed E-state index contributed by atoms with van der Waals surface area (Å²) in [5.41, 5.74) is 6.11. The first kappa shape index (κ1) is 13.4. The SMILES string of the molecule is CC1CCCC1CNS(=O)(=O)c1ccc(N)cc1. The first-order valence-corrected chi connectivity index (χ1v) is 7.82. The van der Waals surface area contributed by atoms with Gasteiger partial charge in [-0.15, -0.1) is 0 Å². The minimum absolute atomic E-state index is 0.280. The number of hydrogen-bond acceptors (Lipinski definition) is 3. The van der Waals surface area contributed by atoms with Crippen LogP contribution in [0.4, 0.5) is 5.69 Å². The molecule has 1 saturated carbocycles. The van der Waals surface area contributed by atoms with Gasteiger partial charge in [0.25, 0.3) is 0 Å². The van der Waals surface area contributed by atoms with E-state index in [0.29, 0.717) is 24.1 Å². The maximum atomic E-state index is 12.1. The van der Waals surface area contributed by atoms with E-state index in [4.69, 9.17) is 5.73 Å². The van der Waals surface area contributed by atoms with Crippen molar-refractivity contribution < 1.29 is 8.42 Å². The number of sulfonamides is 1. The van der Waals surface area contributed by atoms with Gasteiger partial charge in [-0.2, -0.15) is 0 Å². The number of nitrogen functional groups attached to an aromatic ring is 1. The Balaban J connectivity index is 2.01. The minimum Gasteiger partial charge on any atom is -0.399 e. The fourth-order valence-electron chi connectivity index (χ4n) is 2.47. The zero-order chi connectivity index (χ0) is 13.2. The van der Waals surface area contributed by atoms with E-state index in [1.165, 1.54) is 25.0 Å². The van der Waals surface area contributed by atoms with E-state index in [2.05, 4.69) is 11.6 Å². The van der Waals surface area contributed by atoms with E-state index in [9.17, 15) is 8.42 Å². The summed E-state index contributed by atoms with van der Waals surface area (Å²) in [7, 11) is -3.39. The average Bonchev–Trinajstić information content (AvgIpc) is 2.73. The van der Waals surface area contributed by atoms with Crippen molar-refractivity contribution in [3.8, 4) is 0 Å². The molecular formula is C13H20N2O2S. The first-order chi connectivity index (χ1) is 8.49. The van der Waals surface area contributed by atoms with Gasteiger partial charge in [0.05, 0.1) is 4.90 Å². The normalized spacial score (nSPS) is 24.3. The van der Waals surface area contributed by atoms with Crippen molar-refractivity contribution in [2.24, 2.45) is 11.8 Å². The highest BCUT2D eigenvalue weighted by atomic mass is 32.2. The molecule has 2 rings (SSSR count). The zero-order valence-corrected chi connectivity index (χ0v) is 11.4. The van der Waals surface area contributed by atoms with Gasteiger partial charge in [-0.25, -0.2) is 13.1 Å². The lowest BCUT2D eigenvalue weighted by Gasteiger charge is -2.16. The smallest absolute Gasteiger partial charge is 0.240 e. The minimum atomic E-state index is -3.39. The molecule has 1 aliphatic rings. The first-order valence-electron chi connectivity index (χ1n) is 6.34. The molecule has 0 saturated heterocycles. The molecular weight excluding hydrogens is 248 g/mol. The third-order valence-corrected chi connectivity index (χ3v) is 5.20. The van der Waals surface area contributed by atoms with E-state index >= 15 is 0 Å². The highest BCUT2D eigenvalue weighted by molar-refractivity contribution is 7.89. The molecule has 0 bridgehead atoms. The second-order valence-corrected chi connectivity index (χ2v) is 6.86. The molecule has 0 radical (unpaired) electrons. The molecule has 0 heterocycles. The van der Waals surface area contributed by atoms with Gasteiger partial charge in [0.15, 0.2) is 0 Å². The van der Waals surface area contributed by atoms with Crippen LogP contribution in [0.2, 0.25) is 0 Å². The van der Waals surface area contributed by atoms with Crippen molar-refractivity contribution in [1.29, 1.82) is 0 Å². The maximum Gasteiger partial charge on any atom is 0.240 e. The van der Waals surface area contributed by atoms with Gasteiger partial charge in [0.2, 0.25) is 10.0 Å². The quantitative estimate of drug-likeness (QED) is 0.820. The topological polar surface area (TPSA) is 72.2 Å². The Bertz CT molecular complexity index is 496. The van der Waals surface area contributed by atoms with Crippen LogP contribution < -0.4 is 10.5 Å². The second kappa shape index (κ2) is 5.28. The summed E-state index contributed by atoms with van der Waals surface area (Å²) in [6, 6.07) is 6.28. The number of hydrogen-bond donors (Lipinski definition) is 2. The highest BCUT2D eigenvalue weighted by Crippen LogP contribution is 2.30. The molecule has 1 fully saturated rings. The summed E-state index contributed by atoms with van der Waals surface area (Å²) in [4.78, 5) is 0.280. The molecule has 4 nitrogen and oxygen atoms in total. The summed E-state index contributed by atoms with van der Waals surface area (Å²) in [5.74, 6) is 1.08. The molecule has 18 heavy (non-hydrogen) atoms. The largest absolute Gasteiger partial charge is 0.399 e. The van der Waals surface area contributed by atoms with Gasteiger partial charge in [0, 0.05) is 12.2 Å². The number of benzene rings is 1. The van der Waals surface area contributed by atoms with Crippen LogP contribution in [-0.4, -0.2) is 15.0 Å². The summed E-state index contributed by atoms with van der Waals surface area (Å²) in [5, 5.41) is 0. The lowest BCUT2D eigenvalue weighted by molar-refractivity contribution is 0.414. The van der Waals surface area contributed by atoms with Crippen molar-refractivity contribution in [3.63, 3.8) is 0 Å². The summed E-state index contributed by atoms with van der Waals surface area (Å²) in [6.45, 7) is 2.73. The monoisotopic (exact) mass is 268 g/mol. The average molecular weight is 268 g/mol. The van der Waals surface area contributed by atoms with E-state index in [1.807, 2.05) is 0 Å². The molecule has 1 aliphatic carbocycles. The maximum absolute atomic E-state index is 12.1. The van der Waals surface area contributed by atoms with Gasteiger partial charge < -0.3 is 5.73 Å². The van der Waals surface area contributed by atoms with Crippen molar-refractivity contribution in [2.75, 3.05) is 12.3 Å². The Labute approximate surface area is 109 Å². The van der Waals surface area contributed by atoms with Crippen LogP contribution in [0.1, 0.15) is 26.2 Å². The Morgan fingerprint density at radius 3 is 2.50 bits per heavy atom. The number of nitrogens with two attached hydrogens (primary N) is 1. The fourth-order valence-corrected chi connectivity index (χ4v) is 3.57. The van der Waals surface area contributed by atoms with Gasteiger partial charge in [0.1, 0.15) is 0 Å². The Hall–Kier alpha value is -1.07. The molecule has 100 valence electrons. The van der Waals surface area contributed by atoms with Crippen LogP contribution in [0.25, 0.3) is 0 Å². The van der Waals surface area contributed by atoms with Crippen LogP contribution in [0, 0.1) is 11.8 Å². The second-order valence-electron chi connectivity index (χ2n) is 5.09. The van der Waals surface area contributed by atoms with Crippen LogP contribution in [0.15, 0.2) is 29.2 Å². The molecule has 2 unspecified atom stereocenters. The van der Waals surface area contributed by atoms with Gasteiger partial charge in [-0.1, -0.05) is 19.8 Å². The molecule has 0 spiro atoms. The molecule has 5 heteroatoms. The summed E-state index contributed by atoms with van der Waals surface area (Å²) >= 11 is 0. The fraction of sp³-hybridized carbons (Fsp3) is 0.538. The summed E-state index contributed by atoms with van der Waals surface area (Å²) in [6.07, 6.45) is 3.52. The van der Waals surface area contributed by atoms with Crippen molar-refractivity contribution in [1.82, 2.24) is 4.72 Å².